The van der Waals surface area contributed by atoms with Crippen molar-refractivity contribution in [3.05, 3.63) is 0 Å². The fraction of sp³-hybridized carbons (Fsp3) is 0.800. The smallest absolute Gasteiger partial charge is 0.339 e. The Morgan fingerprint density at radius 3 is 1.79 bits per heavy atom. The maximum atomic E-state index is 12.6. The topological polar surface area (TPSA) is 136 Å². The van der Waals surface area contributed by atoms with Gasteiger partial charge in [0.15, 0.2) is 5.60 Å². The van der Waals surface area contributed by atoms with Crippen molar-refractivity contribution in [3.63, 3.8) is 0 Å². The van der Waals surface area contributed by atoms with Gasteiger partial charge in [0.2, 0.25) is 0 Å². The predicted molar refractivity (Wildman–Crippen MR) is 103 cm³/mol. The van der Waals surface area contributed by atoms with Crippen molar-refractivity contribution in [1.29, 1.82) is 0 Å². The van der Waals surface area contributed by atoms with Crippen LogP contribution in [0.1, 0.15) is 72.1 Å². The second-order valence-corrected chi connectivity index (χ2v) is 6.84. The third-order valence-electron chi connectivity index (χ3n) is 4.24. The third-order valence-corrected chi connectivity index (χ3v) is 4.24. The van der Waals surface area contributed by atoms with Crippen molar-refractivity contribution in [2.75, 3.05) is 19.8 Å². The maximum absolute atomic E-state index is 12.6. The van der Waals surface area contributed by atoms with Crippen molar-refractivity contribution in [3.8, 4) is 0 Å². The molecule has 9 nitrogen and oxygen atoms in total. The summed E-state index contributed by atoms with van der Waals surface area (Å²) in [7, 11) is 0. The highest BCUT2D eigenvalue weighted by atomic mass is 16.6. The molecule has 0 aliphatic rings. The van der Waals surface area contributed by atoms with E-state index in [0.717, 1.165) is 12.8 Å². The van der Waals surface area contributed by atoms with E-state index in [2.05, 4.69) is 0 Å². The molecule has 0 heterocycles. The van der Waals surface area contributed by atoms with Crippen LogP contribution in [0.2, 0.25) is 0 Å². The Hall–Kier alpha value is -2.16. The SMILES string of the molecule is CCCCOC(=O)CC(O)(C(=O)OCCCC)C(CC(=O)O)C(=O)OCCCC. The average Bonchev–Trinajstić information content (AvgIpc) is 2.66. The van der Waals surface area contributed by atoms with Gasteiger partial charge in [0.25, 0.3) is 0 Å². The van der Waals surface area contributed by atoms with Gasteiger partial charge in [-0.25, -0.2) is 4.79 Å². The summed E-state index contributed by atoms with van der Waals surface area (Å²) in [5, 5.41) is 20.2. The van der Waals surface area contributed by atoms with E-state index in [0.29, 0.717) is 25.7 Å². The lowest BCUT2D eigenvalue weighted by Gasteiger charge is -2.31. The number of rotatable bonds is 16. The molecule has 0 amide bonds. The summed E-state index contributed by atoms with van der Waals surface area (Å²) in [5.74, 6) is -6.47. The minimum atomic E-state index is -2.70. The highest BCUT2D eigenvalue weighted by Crippen LogP contribution is 2.29. The number of carboxylic acids is 1. The molecule has 2 atom stereocenters. The van der Waals surface area contributed by atoms with E-state index >= 15 is 0 Å². The Balaban J connectivity index is 5.62. The monoisotopic (exact) mass is 418 g/mol. The van der Waals surface area contributed by atoms with Crippen LogP contribution < -0.4 is 0 Å². The van der Waals surface area contributed by atoms with Gasteiger partial charge in [0.1, 0.15) is 5.92 Å². The number of unbranched alkanes of at least 4 members (excludes halogenated alkanes) is 3. The normalized spacial score (nSPS) is 13.8. The van der Waals surface area contributed by atoms with E-state index in [1.807, 2.05) is 20.8 Å². The number of esters is 3. The molecular formula is C20H34O9. The Bertz CT molecular complexity index is 532. The Morgan fingerprint density at radius 2 is 1.31 bits per heavy atom. The fourth-order valence-electron chi connectivity index (χ4n) is 2.41. The van der Waals surface area contributed by atoms with Gasteiger partial charge in [-0.2, -0.15) is 0 Å². The van der Waals surface area contributed by atoms with Crippen molar-refractivity contribution in [1.82, 2.24) is 0 Å². The van der Waals surface area contributed by atoms with E-state index < -0.39 is 48.2 Å². The largest absolute Gasteiger partial charge is 0.481 e. The number of carbonyl (C=O) groups excluding carboxylic acids is 3. The van der Waals surface area contributed by atoms with E-state index in [1.165, 1.54) is 0 Å². The Labute approximate surface area is 171 Å². The van der Waals surface area contributed by atoms with Gasteiger partial charge in [-0.05, 0) is 19.3 Å². The van der Waals surface area contributed by atoms with Crippen LogP contribution in [0, 0.1) is 5.92 Å². The molecule has 29 heavy (non-hydrogen) atoms. The van der Waals surface area contributed by atoms with Gasteiger partial charge >= 0.3 is 23.9 Å². The molecule has 0 aromatic rings. The van der Waals surface area contributed by atoms with Gasteiger partial charge in [0.05, 0.1) is 32.7 Å². The molecule has 0 aromatic carbocycles. The molecule has 2 unspecified atom stereocenters. The Kier molecular flexibility index (Phi) is 13.7. The molecule has 0 spiro atoms. The summed E-state index contributed by atoms with van der Waals surface area (Å²) in [6.45, 7) is 5.69. The molecule has 0 aliphatic carbocycles. The van der Waals surface area contributed by atoms with Gasteiger partial charge in [-0.3, -0.25) is 14.4 Å². The van der Waals surface area contributed by atoms with E-state index in [1.54, 1.807) is 0 Å². The first-order chi connectivity index (χ1) is 13.7. The number of hydrogen-bond donors (Lipinski definition) is 2. The van der Waals surface area contributed by atoms with Gasteiger partial charge in [-0.1, -0.05) is 40.0 Å². The molecule has 0 bridgehead atoms. The average molecular weight is 418 g/mol. The summed E-state index contributed by atoms with van der Waals surface area (Å²) in [4.78, 5) is 48.5. The van der Waals surface area contributed by atoms with Gasteiger partial charge < -0.3 is 24.4 Å². The third kappa shape index (κ3) is 10.3. The standard InChI is InChI=1S/C20H34O9/c1-4-7-10-27-17(23)14-20(26,19(25)29-12-9-6-3)15(13-16(21)22)18(24)28-11-8-5-2/h15,26H,4-14H2,1-3H3,(H,21,22). The van der Waals surface area contributed by atoms with Crippen LogP contribution >= 0.6 is 0 Å². The molecule has 0 aliphatic heterocycles. The van der Waals surface area contributed by atoms with Crippen molar-refractivity contribution in [2.45, 2.75) is 77.7 Å². The molecule has 0 saturated heterocycles. The molecule has 0 aromatic heterocycles. The first-order valence-electron chi connectivity index (χ1n) is 10.2. The van der Waals surface area contributed by atoms with Crippen LogP contribution in [0.15, 0.2) is 0 Å². The van der Waals surface area contributed by atoms with Crippen molar-refractivity contribution < 1.29 is 43.6 Å². The lowest BCUT2D eigenvalue weighted by Crippen LogP contribution is -2.53. The molecule has 0 rings (SSSR count). The summed E-state index contributed by atoms with van der Waals surface area (Å²) >= 11 is 0. The van der Waals surface area contributed by atoms with Crippen molar-refractivity contribution in [2.24, 2.45) is 5.92 Å². The van der Waals surface area contributed by atoms with Crippen LogP contribution in [-0.2, 0) is 33.4 Å². The summed E-state index contributed by atoms with van der Waals surface area (Å²) in [6, 6.07) is 0. The fourth-order valence-corrected chi connectivity index (χ4v) is 2.41. The number of carbonyl (C=O) groups is 4. The second kappa shape index (κ2) is 14.8. The molecular weight excluding hydrogens is 384 g/mol. The highest BCUT2D eigenvalue weighted by molar-refractivity contribution is 5.93. The summed E-state index contributed by atoms with van der Waals surface area (Å²) in [6.07, 6.45) is 2.03. The van der Waals surface area contributed by atoms with E-state index in [-0.39, 0.29) is 19.8 Å². The summed E-state index contributed by atoms with van der Waals surface area (Å²) < 4.78 is 15.0. The van der Waals surface area contributed by atoms with Crippen LogP contribution in [-0.4, -0.2) is 59.5 Å². The zero-order valence-electron chi connectivity index (χ0n) is 17.6. The Morgan fingerprint density at radius 1 is 0.828 bits per heavy atom. The van der Waals surface area contributed by atoms with Crippen LogP contribution in [0.3, 0.4) is 0 Å². The number of aliphatic carboxylic acids is 1. The molecule has 168 valence electrons. The van der Waals surface area contributed by atoms with Crippen LogP contribution in [0.25, 0.3) is 0 Å². The molecule has 0 saturated carbocycles. The minimum absolute atomic E-state index is 0.00730. The minimum Gasteiger partial charge on any atom is -0.481 e. The van der Waals surface area contributed by atoms with E-state index in [9.17, 15) is 29.4 Å². The van der Waals surface area contributed by atoms with Crippen LogP contribution in [0.4, 0.5) is 0 Å². The summed E-state index contributed by atoms with van der Waals surface area (Å²) in [5.41, 5.74) is -2.70. The predicted octanol–water partition coefficient (Wildman–Crippen LogP) is 2.23. The molecule has 2 N–H and O–H groups in total. The molecule has 9 heteroatoms. The second-order valence-electron chi connectivity index (χ2n) is 6.84. The zero-order valence-corrected chi connectivity index (χ0v) is 17.6. The number of ether oxygens (including phenoxy) is 3. The highest BCUT2D eigenvalue weighted by Gasteiger charge is 2.52. The molecule has 0 radical (unpaired) electrons. The lowest BCUT2D eigenvalue weighted by molar-refractivity contribution is -0.188. The van der Waals surface area contributed by atoms with Gasteiger partial charge in [-0.15, -0.1) is 0 Å². The first kappa shape index (κ1) is 26.8. The maximum Gasteiger partial charge on any atom is 0.339 e. The number of carboxylic acid groups (broad SMARTS) is 1. The first-order valence-corrected chi connectivity index (χ1v) is 10.2. The lowest BCUT2D eigenvalue weighted by atomic mass is 9.82. The quantitative estimate of drug-likeness (QED) is 0.220. The zero-order chi connectivity index (χ0) is 22.3. The molecule has 0 fully saturated rings. The van der Waals surface area contributed by atoms with Crippen LogP contribution in [0.5, 0.6) is 0 Å². The van der Waals surface area contributed by atoms with E-state index in [4.69, 9.17) is 14.2 Å². The van der Waals surface area contributed by atoms with Gasteiger partial charge in [0, 0.05) is 0 Å². The van der Waals surface area contributed by atoms with Crippen molar-refractivity contribution >= 4 is 23.9 Å². The number of aliphatic hydroxyl groups is 1. The number of hydrogen-bond acceptors (Lipinski definition) is 8.